The van der Waals surface area contributed by atoms with Crippen molar-refractivity contribution in [3.8, 4) is 17.2 Å². The molecule has 2 heterocycles. The summed E-state index contributed by atoms with van der Waals surface area (Å²) >= 11 is 0. The first-order valence-electron chi connectivity index (χ1n) is 11.5. The Morgan fingerprint density at radius 2 is 1.89 bits per heavy atom. The number of hydrogen-bond acceptors (Lipinski definition) is 9. The van der Waals surface area contributed by atoms with Crippen molar-refractivity contribution in [2.24, 2.45) is 0 Å². The number of anilines is 2. The second-order valence-corrected chi connectivity index (χ2v) is 8.14. The Labute approximate surface area is 229 Å². The van der Waals surface area contributed by atoms with Gasteiger partial charge in [0.25, 0.3) is 0 Å². The molecule has 0 fully saturated rings. The number of fused-ring (bicyclic) bond motifs is 1. The summed E-state index contributed by atoms with van der Waals surface area (Å²) in [4.78, 5) is 25.2. The molecule has 13 heteroatoms. The molecule has 0 aliphatic rings. The molecule has 0 atom stereocenters. The number of aromatic amines is 1. The molecule has 37 heavy (non-hydrogen) atoms. The number of ether oxygens (including phenoxy) is 3. The highest BCUT2D eigenvalue weighted by atomic mass is 35.5. The van der Waals surface area contributed by atoms with E-state index in [2.05, 4.69) is 37.5 Å². The van der Waals surface area contributed by atoms with Crippen LogP contribution in [0.15, 0.2) is 24.7 Å². The van der Waals surface area contributed by atoms with E-state index in [9.17, 15) is 4.79 Å². The number of rotatable bonds is 15. The summed E-state index contributed by atoms with van der Waals surface area (Å²) in [5.41, 5.74) is 2.51. The van der Waals surface area contributed by atoms with Crippen molar-refractivity contribution >= 4 is 53.3 Å². The molecule has 2 aromatic heterocycles. The Bertz CT molecular complexity index is 1130. The molecule has 0 amide bonds. The summed E-state index contributed by atoms with van der Waals surface area (Å²) < 4.78 is 16.8. The highest BCUT2D eigenvalue weighted by Crippen LogP contribution is 2.41. The Morgan fingerprint density at radius 1 is 1.14 bits per heavy atom. The lowest BCUT2D eigenvalue weighted by Gasteiger charge is -2.18. The van der Waals surface area contributed by atoms with Gasteiger partial charge in [0.05, 0.1) is 26.2 Å². The third kappa shape index (κ3) is 8.81. The molecule has 0 unspecified atom stereocenters. The van der Waals surface area contributed by atoms with Crippen LogP contribution in [-0.4, -0.2) is 78.9 Å². The molecular formula is C24H36Cl2N6O5. The number of aromatic nitrogens is 3. The zero-order valence-electron chi connectivity index (χ0n) is 21.5. The van der Waals surface area contributed by atoms with E-state index in [0.29, 0.717) is 35.2 Å². The van der Waals surface area contributed by atoms with Gasteiger partial charge in [-0.3, -0.25) is 4.79 Å². The van der Waals surface area contributed by atoms with Crippen molar-refractivity contribution in [1.29, 1.82) is 0 Å². The zero-order chi connectivity index (χ0) is 25.2. The lowest BCUT2D eigenvalue weighted by atomic mass is 10.2. The summed E-state index contributed by atoms with van der Waals surface area (Å²) in [7, 11) is 7.12. The number of carboxylic acid groups (broad SMARTS) is 1. The van der Waals surface area contributed by atoms with Crippen LogP contribution in [0.4, 0.5) is 11.5 Å². The maximum absolute atomic E-state index is 10.8. The number of nitrogens with zero attached hydrogens (tertiary/aromatic N) is 3. The normalized spacial score (nSPS) is 10.5. The van der Waals surface area contributed by atoms with Crippen LogP contribution < -0.4 is 24.8 Å². The Kier molecular flexibility index (Phi) is 13.8. The summed E-state index contributed by atoms with van der Waals surface area (Å²) in [6, 6.07) is 3.58. The standard InChI is InChI=1S/C24H34N6O5.2ClH/c1-25-8-6-9-30(2)14-16-13-26-23-21(16)24(28-15-27-23)29-17-11-18(33-3)22(34-4)19(12-17)35-10-5-7-20(31)32;;/h11-13,15,25H,5-10,14H2,1-4H3,(H,31,32)(H2,26,27,28,29);2*1H. The van der Waals surface area contributed by atoms with Crippen LogP contribution in [0.25, 0.3) is 11.0 Å². The third-order valence-corrected chi connectivity index (χ3v) is 5.46. The van der Waals surface area contributed by atoms with E-state index in [1.54, 1.807) is 19.2 Å². The minimum absolute atomic E-state index is 0. The van der Waals surface area contributed by atoms with Crippen molar-refractivity contribution in [2.45, 2.75) is 25.8 Å². The van der Waals surface area contributed by atoms with Gasteiger partial charge in [-0.15, -0.1) is 24.8 Å². The van der Waals surface area contributed by atoms with Gasteiger partial charge in [-0.2, -0.15) is 0 Å². The average molecular weight is 559 g/mol. The van der Waals surface area contributed by atoms with Gasteiger partial charge in [0.2, 0.25) is 5.75 Å². The van der Waals surface area contributed by atoms with E-state index < -0.39 is 5.97 Å². The summed E-state index contributed by atoms with van der Waals surface area (Å²) in [5, 5.41) is 16.3. The molecular weight excluding hydrogens is 523 g/mol. The predicted molar refractivity (Wildman–Crippen MR) is 148 cm³/mol. The molecule has 0 saturated heterocycles. The number of benzene rings is 1. The minimum atomic E-state index is -0.865. The molecule has 0 saturated carbocycles. The number of halogens is 2. The van der Waals surface area contributed by atoms with Gasteiger partial charge < -0.3 is 39.8 Å². The van der Waals surface area contributed by atoms with E-state index in [-0.39, 0.29) is 37.8 Å². The molecule has 3 rings (SSSR count). The van der Waals surface area contributed by atoms with Crippen LogP contribution >= 0.6 is 24.8 Å². The smallest absolute Gasteiger partial charge is 0.303 e. The largest absolute Gasteiger partial charge is 0.493 e. The van der Waals surface area contributed by atoms with E-state index in [0.717, 1.165) is 42.7 Å². The molecule has 0 aliphatic heterocycles. The molecule has 206 valence electrons. The third-order valence-electron chi connectivity index (χ3n) is 5.46. The highest BCUT2D eigenvalue weighted by Gasteiger charge is 2.17. The van der Waals surface area contributed by atoms with Crippen LogP contribution in [0.5, 0.6) is 17.2 Å². The SMILES string of the molecule is CNCCCN(C)Cc1c[nH]c2ncnc(Nc3cc(OC)c(OC)c(OCCCC(=O)O)c3)c12.Cl.Cl. The first-order valence-corrected chi connectivity index (χ1v) is 11.5. The quantitative estimate of drug-likeness (QED) is 0.204. The van der Waals surface area contributed by atoms with Gasteiger partial charge in [0.1, 0.15) is 17.8 Å². The lowest BCUT2D eigenvalue weighted by molar-refractivity contribution is -0.137. The Morgan fingerprint density at radius 3 is 2.57 bits per heavy atom. The van der Waals surface area contributed by atoms with E-state index >= 15 is 0 Å². The number of nitrogens with one attached hydrogen (secondary N) is 3. The summed E-state index contributed by atoms with van der Waals surface area (Å²) in [6.45, 7) is 2.90. The van der Waals surface area contributed by atoms with Crippen molar-refractivity contribution in [3.05, 3.63) is 30.2 Å². The Hall–Kier alpha value is -2.99. The predicted octanol–water partition coefficient (Wildman–Crippen LogP) is 3.85. The molecule has 11 nitrogen and oxygen atoms in total. The number of aliphatic carboxylic acids is 1. The van der Waals surface area contributed by atoms with Crippen LogP contribution in [-0.2, 0) is 11.3 Å². The molecule has 4 N–H and O–H groups in total. The highest BCUT2D eigenvalue weighted by molar-refractivity contribution is 5.92. The first kappa shape index (κ1) is 32.0. The number of methoxy groups -OCH3 is 2. The van der Waals surface area contributed by atoms with Crippen molar-refractivity contribution in [1.82, 2.24) is 25.2 Å². The van der Waals surface area contributed by atoms with Gasteiger partial charge >= 0.3 is 5.97 Å². The van der Waals surface area contributed by atoms with Crippen LogP contribution in [0.2, 0.25) is 0 Å². The van der Waals surface area contributed by atoms with Crippen molar-refractivity contribution < 1.29 is 24.1 Å². The van der Waals surface area contributed by atoms with E-state index in [4.69, 9.17) is 19.3 Å². The van der Waals surface area contributed by atoms with E-state index in [1.165, 1.54) is 13.4 Å². The number of H-pyrrole nitrogens is 1. The van der Waals surface area contributed by atoms with Gasteiger partial charge in [-0.05, 0) is 45.6 Å². The van der Waals surface area contributed by atoms with Gasteiger partial charge in [-0.25, -0.2) is 9.97 Å². The molecule has 0 radical (unpaired) electrons. The fraction of sp³-hybridized carbons (Fsp3) is 0.458. The van der Waals surface area contributed by atoms with Crippen molar-refractivity contribution in [2.75, 3.05) is 53.3 Å². The fourth-order valence-corrected chi connectivity index (χ4v) is 3.79. The molecule has 0 spiro atoms. The zero-order valence-corrected chi connectivity index (χ0v) is 23.1. The fourth-order valence-electron chi connectivity index (χ4n) is 3.79. The second kappa shape index (κ2) is 16.0. The average Bonchev–Trinajstić information content (AvgIpc) is 3.25. The maximum atomic E-state index is 10.8. The monoisotopic (exact) mass is 558 g/mol. The minimum Gasteiger partial charge on any atom is -0.493 e. The topological polar surface area (TPSA) is 134 Å². The Balaban J connectivity index is 0.00000342. The summed E-state index contributed by atoms with van der Waals surface area (Å²) in [5.74, 6) is 1.15. The first-order chi connectivity index (χ1) is 17.0. The lowest BCUT2D eigenvalue weighted by Crippen LogP contribution is -2.22. The molecule has 0 aliphatic carbocycles. The second-order valence-electron chi connectivity index (χ2n) is 8.14. The van der Waals surface area contributed by atoms with Crippen LogP contribution in [0.1, 0.15) is 24.8 Å². The molecule has 1 aromatic carbocycles. The van der Waals surface area contributed by atoms with E-state index in [1.807, 2.05) is 13.2 Å². The number of hydrogen-bond donors (Lipinski definition) is 4. The van der Waals surface area contributed by atoms with Crippen LogP contribution in [0.3, 0.4) is 0 Å². The van der Waals surface area contributed by atoms with Crippen molar-refractivity contribution in [3.63, 3.8) is 0 Å². The number of carbonyl (C=O) groups is 1. The van der Waals surface area contributed by atoms with Crippen LogP contribution in [0, 0.1) is 0 Å². The maximum Gasteiger partial charge on any atom is 0.303 e. The van der Waals surface area contributed by atoms with Gasteiger partial charge in [-0.1, -0.05) is 0 Å². The molecule has 0 bridgehead atoms. The molecule has 3 aromatic rings. The summed E-state index contributed by atoms with van der Waals surface area (Å²) in [6.07, 6.45) is 4.92. The van der Waals surface area contributed by atoms with Gasteiger partial charge in [0.15, 0.2) is 11.5 Å². The number of carboxylic acids is 1. The van der Waals surface area contributed by atoms with Gasteiger partial charge in [0, 0.05) is 37.0 Å².